The van der Waals surface area contributed by atoms with Crippen LogP contribution in [0.5, 0.6) is 5.75 Å². The van der Waals surface area contributed by atoms with Crippen molar-refractivity contribution in [3.8, 4) is 5.75 Å². The van der Waals surface area contributed by atoms with Gasteiger partial charge in [-0.05, 0) is 37.9 Å². The number of nitro groups is 1. The van der Waals surface area contributed by atoms with Gasteiger partial charge < -0.3 is 10.5 Å². The third-order valence-corrected chi connectivity index (χ3v) is 3.45. The van der Waals surface area contributed by atoms with E-state index in [0.717, 1.165) is 24.8 Å². The molecule has 5 heteroatoms. The average Bonchev–Trinajstić information content (AvgIpc) is 3.09. The van der Waals surface area contributed by atoms with E-state index >= 15 is 0 Å². The summed E-state index contributed by atoms with van der Waals surface area (Å²) in [6, 6.07) is 4.92. The standard InChI is InChI=1S/C12H16N2O3/c1-17-9-2-3-11(14(15)16)10(8-9)12(4-5-12)6-7-13/h2-3,8H,4-7,13H2,1H3. The maximum absolute atomic E-state index is 11.0. The number of nitrogens with zero attached hydrogens (tertiary/aromatic N) is 1. The molecule has 1 aliphatic rings. The predicted molar refractivity (Wildman–Crippen MR) is 64.2 cm³/mol. The second-order valence-electron chi connectivity index (χ2n) is 4.46. The third-order valence-electron chi connectivity index (χ3n) is 3.45. The fraction of sp³-hybridized carbons (Fsp3) is 0.500. The van der Waals surface area contributed by atoms with Crippen LogP contribution < -0.4 is 10.5 Å². The maximum atomic E-state index is 11.0. The van der Waals surface area contributed by atoms with Gasteiger partial charge in [-0.1, -0.05) is 0 Å². The smallest absolute Gasteiger partial charge is 0.273 e. The summed E-state index contributed by atoms with van der Waals surface area (Å²) >= 11 is 0. The molecule has 1 fully saturated rings. The fourth-order valence-corrected chi connectivity index (χ4v) is 2.31. The Hall–Kier alpha value is -1.62. The summed E-state index contributed by atoms with van der Waals surface area (Å²) in [4.78, 5) is 10.7. The lowest BCUT2D eigenvalue weighted by Gasteiger charge is -2.15. The minimum atomic E-state index is -0.328. The second kappa shape index (κ2) is 4.33. The first-order chi connectivity index (χ1) is 8.13. The number of nitrogens with two attached hydrogens (primary N) is 1. The number of benzene rings is 1. The molecule has 0 atom stereocenters. The Labute approximate surface area is 99.7 Å². The van der Waals surface area contributed by atoms with Crippen molar-refractivity contribution in [1.29, 1.82) is 0 Å². The number of ether oxygens (including phenoxy) is 1. The zero-order valence-electron chi connectivity index (χ0n) is 9.81. The van der Waals surface area contributed by atoms with Gasteiger partial charge in [0.2, 0.25) is 0 Å². The van der Waals surface area contributed by atoms with Crippen molar-refractivity contribution in [2.24, 2.45) is 5.73 Å². The Morgan fingerprint density at radius 2 is 2.24 bits per heavy atom. The molecule has 2 rings (SSSR count). The highest BCUT2D eigenvalue weighted by Crippen LogP contribution is 2.54. The van der Waals surface area contributed by atoms with Crippen LogP contribution in [0.25, 0.3) is 0 Å². The van der Waals surface area contributed by atoms with Crippen LogP contribution in [0.3, 0.4) is 0 Å². The SMILES string of the molecule is COc1ccc([N+](=O)[O-])c(C2(CCN)CC2)c1. The van der Waals surface area contributed by atoms with Crippen molar-refractivity contribution in [1.82, 2.24) is 0 Å². The fourth-order valence-electron chi connectivity index (χ4n) is 2.31. The minimum absolute atomic E-state index is 0.0916. The molecule has 92 valence electrons. The molecule has 1 aromatic carbocycles. The van der Waals surface area contributed by atoms with Crippen molar-refractivity contribution in [2.45, 2.75) is 24.7 Å². The number of hydrogen-bond acceptors (Lipinski definition) is 4. The van der Waals surface area contributed by atoms with E-state index in [1.165, 1.54) is 6.07 Å². The number of rotatable bonds is 5. The molecule has 0 bridgehead atoms. The summed E-state index contributed by atoms with van der Waals surface area (Å²) in [5.74, 6) is 0.661. The van der Waals surface area contributed by atoms with Gasteiger partial charge in [0, 0.05) is 17.0 Å². The molecule has 2 N–H and O–H groups in total. The zero-order valence-corrected chi connectivity index (χ0v) is 9.81. The lowest BCUT2D eigenvalue weighted by molar-refractivity contribution is -0.385. The first-order valence-electron chi connectivity index (χ1n) is 5.66. The summed E-state index contributed by atoms with van der Waals surface area (Å²) in [6.07, 6.45) is 2.73. The topological polar surface area (TPSA) is 78.4 Å². The van der Waals surface area contributed by atoms with E-state index in [2.05, 4.69) is 0 Å². The van der Waals surface area contributed by atoms with Crippen LogP contribution in [0.1, 0.15) is 24.8 Å². The van der Waals surface area contributed by atoms with E-state index in [4.69, 9.17) is 10.5 Å². The van der Waals surface area contributed by atoms with Gasteiger partial charge in [0.1, 0.15) is 5.75 Å². The van der Waals surface area contributed by atoms with Gasteiger partial charge in [-0.2, -0.15) is 0 Å². The van der Waals surface area contributed by atoms with Crippen molar-refractivity contribution in [3.63, 3.8) is 0 Å². The van der Waals surface area contributed by atoms with Crippen LogP contribution in [0.4, 0.5) is 5.69 Å². The molecule has 0 amide bonds. The van der Waals surface area contributed by atoms with Crippen LogP contribution in [-0.2, 0) is 5.41 Å². The van der Waals surface area contributed by atoms with Crippen molar-refractivity contribution < 1.29 is 9.66 Å². The largest absolute Gasteiger partial charge is 0.497 e. The van der Waals surface area contributed by atoms with Gasteiger partial charge in [0.25, 0.3) is 5.69 Å². The van der Waals surface area contributed by atoms with Gasteiger partial charge >= 0.3 is 0 Å². The molecule has 0 radical (unpaired) electrons. The van der Waals surface area contributed by atoms with E-state index in [0.29, 0.717) is 12.3 Å². The van der Waals surface area contributed by atoms with Crippen molar-refractivity contribution in [2.75, 3.05) is 13.7 Å². The summed E-state index contributed by atoms with van der Waals surface area (Å²) < 4.78 is 5.14. The van der Waals surface area contributed by atoms with Gasteiger partial charge in [0.15, 0.2) is 0 Å². The molecule has 1 aromatic rings. The molecule has 0 saturated heterocycles. The molecular formula is C12H16N2O3. The monoisotopic (exact) mass is 236 g/mol. The molecule has 0 aliphatic heterocycles. The van der Waals surface area contributed by atoms with E-state index in [-0.39, 0.29) is 16.0 Å². The Morgan fingerprint density at radius 3 is 2.71 bits per heavy atom. The molecule has 0 spiro atoms. The molecule has 0 aromatic heterocycles. The first kappa shape index (κ1) is 11.9. The number of methoxy groups -OCH3 is 1. The lowest BCUT2D eigenvalue weighted by atomic mass is 9.91. The molecule has 17 heavy (non-hydrogen) atoms. The average molecular weight is 236 g/mol. The van der Waals surface area contributed by atoms with Crippen LogP contribution in [-0.4, -0.2) is 18.6 Å². The summed E-state index contributed by atoms with van der Waals surface area (Å²) in [6.45, 7) is 0.550. The zero-order chi connectivity index (χ0) is 12.5. The highest BCUT2D eigenvalue weighted by molar-refractivity contribution is 5.52. The second-order valence-corrected chi connectivity index (χ2v) is 4.46. The first-order valence-corrected chi connectivity index (χ1v) is 5.66. The molecule has 1 aliphatic carbocycles. The molecule has 0 heterocycles. The number of nitro benzene ring substituents is 1. The van der Waals surface area contributed by atoms with Gasteiger partial charge in [-0.3, -0.25) is 10.1 Å². The van der Waals surface area contributed by atoms with Crippen molar-refractivity contribution in [3.05, 3.63) is 33.9 Å². The highest BCUT2D eigenvalue weighted by atomic mass is 16.6. The van der Waals surface area contributed by atoms with Crippen LogP contribution >= 0.6 is 0 Å². The van der Waals surface area contributed by atoms with Crippen LogP contribution in [0, 0.1) is 10.1 Å². The van der Waals surface area contributed by atoms with Gasteiger partial charge in [-0.15, -0.1) is 0 Å². The van der Waals surface area contributed by atoms with E-state index in [9.17, 15) is 10.1 Å². The van der Waals surface area contributed by atoms with Crippen LogP contribution in [0.2, 0.25) is 0 Å². The van der Waals surface area contributed by atoms with E-state index in [1.54, 1.807) is 19.2 Å². The summed E-state index contributed by atoms with van der Waals surface area (Å²) in [5.41, 5.74) is 6.44. The van der Waals surface area contributed by atoms with Crippen molar-refractivity contribution >= 4 is 5.69 Å². The predicted octanol–water partition coefficient (Wildman–Crippen LogP) is 1.98. The van der Waals surface area contributed by atoms with Gasteiger partial charge in [0.05, 0.1) is 12.0 Å². The minimum Gasteiger partial charge on any atom is -0.497 e. The molecule has 5 nitrogen and oxygen atoms in total. The molecule has 0 unspecified atom stereocenters. The Bertz CT molecular complexity index is 441. The third kappa shape index (κ3) is 2.10. The summed E-state index contributed by atoms with van der Waals surface area (Å²) in [5, 5.41) is 11.0. The Kier molecular flexibility index (Phi) is 3.02. The maximum Gasteiger partial charge on any atom is 0.273 e. The summed E-state index contributed by atoms with van der Waals surface area (Å²) in [7, 11) is 1.56. The normalized spacial score (nSPS) is 16.6. The Balaban J connectivity index is 2.45. The number of hydrogen-bond donors (Lipinski definition) is 1. The van der Waals surface area contributed by atoms with Crippen LogP contribution in [0.15, 0.2) is 18.2 Å². The molecular weight excluding hydrogens is 220 g/mol. The van der Waals surface area contributed by atoms with E-state index in [1.807, 2.05) is 0 Å². The van der Waals surface area contributed by atoms with E-state index < -0.39 is 0 Å². The lowest BCUT2D eigenvalue weighted by Crippen LogP contribution is -2.15. The Morgan fingerprint density at radius 1 is 1.53 bits per heavy atom. The highest BCUT2D eigenvalue weighted by Gasteiger charge is 2.47. The van der Waals surface area contributed by atoms with Gasteiger partial charge in [-0.25, -0.2) is 0 Å². The molecule has 1 saturated carbocycles. The quantitative estimate of drug-likeness (QED) is 0.626.